The minimum absolute atomic E-state index is 0.0872. The van der Waals surface area contributed by atoms with Crippen LogP contribution in [0.4, 0.5) is 5.69 Å². The van der Waals surface area contributed by atoms with Crippen LogP contribution >= 0.6 is 34.5 Å². The Morgan fingerprint density at radius 1 is 1.10 bits per heavy atom. The van der Waals surface area contributed by atoms with Crippen LogP contribution in [0.3, 0.4) is 0 Å². The van der Waals surface area contributed by atoms with Gasteiger partial charge in [-0.1, -0.05) is 29.3 Å². The number of carbonyl (C=O) groups is 2. The molecule has 1 aliphatic rings. The molecular weight excluding hydrogens is 463 g/mol. The molecule has 3 aromatic rings. The zero-order valence-electron chi connectivity index (χ0n) is 16.0. The highest BCUT2D eigenvalue weighted by Gasteiger charge is 2.23. The number of hydrogen-bond donors (Lipinski definition) is 0. The minimum Gasteiger partial charge on any atom is -0.486 e. The molecule has 0 unspecified atom stereocenters. The van der Waals surface area contributed by atoms with E-state index in [0.29, 0.717) is 36.9 Å². The van der Waals surface area contributed by atoms with E-state index < -0.39 is 18.5 Å². The van der Waals surface area contributed by atoms with Gasteiger partial charge in [-0.3, -0.25) is 4.79 Å². The molecule has 0 saturated heterocycles. The molecule has 1 aliphatic heterocycles. The third-order valence-corrected chi connectivity index (χ3v) is 5.74. The number of nitrogens with zero attached hydrogens (tertiary/aromatic N) is 2. The maximum absolute atomic E-state index is 13.0. The van der Waals surface area contributed by atoms with Gasteiger partial charge in [-0.15, -0.1) is 11.3 Å². The Hall–Kier alpha value is -2.81. The van der Waals surface area contributed by atoms with Crippen molar-refractivity contribution in [1.29, 1.82) is 0 Å². The van der Waals surface area contributed by atoms with Gasteiger partial charge >= 0.3 is 5.97 Å². The average molecular weight is 479 g/mol. The van der Waals surface area contributed by atoms with E-state index in [9.17, 15) is 9.59 Å². The molecule has 0 atom stereocenters. The molecule has 31 heavy (non-hydrogen) atoms. The Balaban J connectivity index is 1.53. The number of fused-ring (bicyclic) bond motifs is 1. The maximum Gasteiger partial charge on any atom is 0.359 e. The molecule has 2 aromatic heterocycles. The number of carbonyl (C=O) groups excluding carboxylic acids is 2. The van der Waals surface area contributed by atoms with Crippen molar-refractivity contribution in [2.45, 2.75) is 6.54 Å². The summed E-state index contributed by atoms with van der Waals surface area (Å²) in [4.78, 5) is 31.7. The van der Waals surface area contributed by atoms with Gasteiger partial charge in [0.25, 0.3) is 5.91 Å². The summed E-state index contributed by atoms with van der Waals surface area (Å²) in [5.41, 5.74) is 0.448. The number of rotatable bonds is 6. The summed E-state index contributed by atoms with van der Waals surface area (Å²) in [6, 6.07) is 12.0. The number of aromatic nitrogens is 1. The highest BCUT2D eigenvalue weighted by Crippen LogP contribution is 2.34. The Morgan fingerprint density at radius 3 is 2.68 bits per heavy atom. The smallest absolute Gasteiger partial charge is 0.359 e. The van der Waals surface area contributed by atoms with Gasteiger partial charge in [-0.05, 0) is 35.7 Å². The topological polar surface area (TPSA) is 78.0 Å². The molecule has 0 bridgehead atoms. The number of anilines is 1. The first-order chi connectivity index (χ1) is 15.0. The summed E-state index contributed by atoms with van der Waals surface area (Å²) in [7, 11) is 0. The van der Waals surface area contributed by atoms with Crippen LogP contribution in [0.1, 0.15) is 15.4 Å². The number of thiophene rings is 1. The third kappa shape index (κ3) is 5.10. The van der Waals surface area contributed by atoms with Gasteiger partial charge in [0.2, 0.25) is 0 Å². The van der Waals surface area contributed by atoms with E-state index in [1.807, 2.05) is 17.5 Å². The lowest BCUT2D eigenvalue weighted by molar-refractivity contribution is -0.121. The van der Waals surface area contributed by atoms with Gasteiger partial charge in [0.1, 0.15) is 18.4 Å². The number of pyridine rings is 1. The molecule has 0 saturated carbocycles. The Kier molecular flexibility index (Phi) is 6.60. The highest BCUT2D eigenvalue weighted by molar-refractivity contribution is 7.09. The molecule has 1 aromatic carbocycles. The first-order valence-corrected chi connectivity index (χ1v) is 10.9. The molecule has 160 valence electrons. The number of benzene rings is 1. The van der Waals surface area contributed by atoms with E-state index >= 15 is 0 Å². The van der Waals surface area contributed by atoms with Crippen molar-refractivity contribution in [2.24, 2.45) is 0 Å². The lowest BCUT2D eigenvalue weighted by Crippen LogP contribution is -2.34. The fourth-order valence-corrected chi connectivity index (χ4v) is 3.94. The number of hydrogen-bond acceptors (Lipinski definition) is 7. The van der Waals surface area contributed by atoms with Crippen LogP contribution in [0.5, 0.6) is 11.5 Å². The van der Waals surface area contributed by atoms with E-state index in [0.717, 1.165) is 4.88 Å². The van der Waals surface area contributed by atoms with Crippen molar-refractivity contribution in [3.8, 4) is 11.5 Å². The van der Waals surface area contributed by atoms with Crippen LogP contribution in [-0.2, 0) is 16.1 Å². The molecule has 1 amide bonds. The number of halogens is 2. The zero-order chi connectivity index (χ0) is 21.8. The SMILES string of the molecule is O=C(OCC(=O)N(Cc1cccs1)c1ccc2c(c1)OCCO2)c1nc(Cl)ccc1Cl. The molecule has 10 heteroatoms. The Bertz CT molecular complexity index is 1110. The fraction of sp³-hybridized carbons (Fsp3) is 0.190. The molecule has 0 radical (unpaired) electrons. The number of amides is 1. The van der Waals surface area contributed by atoms with Crippen molar-refractivity contribution in [3.63, 3.8) is 0 Å². The van der Waals surface area contributed by atoms with Gasteiger partial charge in [-0.2, -0.15) is 0 Å². The predicted octanol–water partition coefficient (Wildman–Crippen LogP) is 4.61. The second-order valence-corrected chi connectivity index (χ2v) is 8.25. The van der Waals surface area contributed by atoms with Gasteiger partial charge in [-0.25, -0.2) is 9.78 Å². The summed E-state index contributed by atoms with van der Waals surface area (Å²) in [6.45, 7) is 0.716. The standard InChI is InChI=1S/C21H16Cl2N2O5S/c22-15-4-6-18(23)24-20(15)21(27)30-12-19(26)25(11-14-2-1-9-31-14)13-3-5-16-17(10-13)29-8-7-28-16/h1-6,9-10H,7-8,11-12H2. The van der Waals surface area contributed by atoms with E-state index in [1.54, 1.807) is 18.2 Å². The Morgan fingerprint density at radius 2 is 1.90 bits per heavy atom. The quantitative estimate of drug-likeness (QED) is 0.380. The van der Waals surface area contributed by atoms with Crippen molar-refractivity contribution in [1.82, 2.24) is 4.98 Å². The molecule has 4 rings (SSSR count). The molecule has 0 spiro atoms. The zero-order valence-corrected chi connectivity index (χ0v) is 18.4. The van der Waals surface area contributed by atoms with Crippen LogP contribution in [0, 0.1) is 0 Å². The highest BCUT2D eigenvalue weighted by atomic mass is 35.5. The Labute approximate surface area is 192 Å². The van der Waals surface area contributed by atoms with Crippen LogP contribution in [0.25, 0.3) is 0 Å². The van der Waals surface area contributed by atoms with Crippen molar-refractivity contribution in [3.05, 3.63) is 68.6 Å². The van der Waals surface area contributed by atoms with Crippen LogP contribution < -0.4 is 14.4 Å². The normalized spacial score (nSPS) is 12.3. The second kappa shape index (κ2) is 9.55. The van der Waals surface area contributed by atoms with Crippen LogP contribution in [-0.4, -0.2) is 36.7 Å². The lowest BCUT2D eigenvalue weighted by atomic mass is 10.2. The predicted molar refractivity (Wildman–Crippen MR) is 117 cm³/mol. The van der Waals surface area contributed by atoms with Crippen molar-refractivity contribution in [2.75, 3.05) is 24.7 Å². The van der Waals surface area contributed by atoms with E-state index in [4.69, 9.17) is 37.4 Å². The average Bonchev–Trinajstić information content (AvgIpc) is 3.30. The summed E-state index contributed by atoms with van der Waals surface area (Å²) in [5.74, 6) is -0.0815. The lowest BCUT2D eigenvalue weighted by Gasteiger charge is -2.25. The number of esters is 1. The summed E-state index contributed by atoms with van der Waals surface area (Å²) in [6.07, 6.45) is 0. The van der Waals surface area contributed by atoms with Crippen LogP contribution in [0.2, 0.25) is 10.2 Å². The molecule has 0 N–H and O–H groups in total. The van der Waals surface area contributed by atoms with Gasteiger partial charge in [0.15, 0.2) is 23.8 Å². The van der Waals surface area contributed by atoms with E-state index in [-0.39, 0.29) is 15.9 Å². The fourth-order valence-electron chi connectivity index (χ4n) is 2.92. The molecule has 7 nitrogen and oxygen atoms in total. The van der Waals surface area contributed by atoms with Gasteiger partial charge in [0.05, 0.1) is 11.6 Å². The van der Waals surface area contributed by atoms with Gasteiger partial charge in [0, 0.05) is 16.6 Å². The molecular formula is C21H16Cl2N2O5S. The number of ether oxygens (including phenoxy) is 3. The maximum atomic E-state index is 13.0. The first kappa shape index (κ1) is 21.4. The molecule has 0 aliphatic carbocycles. The first-order valence-electron chi connectivity index (χ1n) is 9.23. The second-order valence-electron chi connectivity index (χ2n) is 6.43. The summed E-state index contributed by atoms with van der Waals surface area (Å²) >= 11 is 13.3. The van der Waals surface area contributed by atoms with Crippen LogP contribution in [0.15, 0.2) is 47.8 Å². The molecule has 3 heterocycles. The summed E-state index contributed by atoms with van der Waals surface area (Å²) in [5, 5.41) is 2.11. The van der Waals surface area contributed by atoms with E-state index in [2.05, 4.69) is 4.98 Å². The summed E-state index contributed by atoms with van der Waals surface area (Å²) < 4.78 is 16.3. The van der Waals surface area contributed by atoms with Crippen molar-refractivity contribution >= 4 is 52.1 Å². The largest absolute Gasteiger partial charge is 0.486 e. The molecule has 0 fully saturated rings. The third-order valence-electron chi connectivity index (χ3n) is 4.36. The minimum atomic E-state index is -0.834. The van der Waals surface area contributed by atoms with E-state index in [1.165, 1.54) is 28.4 Å². The van der Waals surface area contributed by atoms with Crippen molar-refractivity contribution < 1.29 is 23.8 Å². The van der Waals surface area contributed by atoms with Gasteiger partial charge < -0.3 is 19.1 Å². The monoisotopic (exact) mass is 478 g/mol.